The summed E-state index contributed by atoms with van der Waals surface area (Å²) in [6, 6.07) is 7.57. The predicted molar refractivity (Wildman–Crippen MR) is 70.2 cm³/mol. The van der Waals surface area contributed by atoms with Crippen LogP contribution in [0.15, 0.2) is 18.2 Å². The average Bonchev–Trinajstić information content (AvgIpc) is 2.39. The molecule has 0 aromatic heterocycles. The molecule has 2 N–H and O–H groups in total. The van der Waals surface area contributed by atoms with E-state index in [4.69, 9.17) is 22.6 Å². The third-order valence-corrected chi connectivity index (χ3v) is 3.67. The maximum absolute atomic E-state index is 8.79. The molecule has 1 aliphatic rings. The highest BCUT2D eigenvalue weighted by Crippen LogP contribution is 2.30. The van der Waals surface area contributed by atoms with Crippen molar-refractivity contribution in [2.75, 3.05) is 24.5 Å². The molecule has 0 amide bonds. The number of rotatable bonds is 2. The van der Waals surface area contributed by atoms with Crippen molar-refractivity contribution in [3.8, 4) is 6.07 Å². The van der Waals surface area contributed by atoms with E-state index >= 15 is 0 Å². The molecule has 0 bridgehead atoms. The van der Waals surface area contributed by atoms with E-state index in [1.54, 1.807) is 6.07 Å². The summed E-state index contributed by atoms with van der Waals surface area (Å²) in [5.74, 6) is 0.642. The third-order valence-electron chi connectivity index (χ3n) is 3.37. The van der Waals surface area contributed by atoms with Crippen molar-refractivity contribution < 1.29 is 0 Å². The summed E-state index contributed by atoms with van der Waals surface area (Å²) in [6.45, 7) is 2.76. The smallest absolute Gasteiger partial charge is 0.0992 e. The molecule has 1 aromatic carbocycles. The third kappa shape index (κ3) is 2.71. The molecule has 1 fully saturated rings. The summed E-state index contributed by atoms with van der Waals surface area (Å²) in [7, 11) is 0. The van der Waals surface area contributed by atoms with Crippen LogP contribution in [0.25, 0.3) is 0 Å². The number of hydrogen-bond donors (Lipinski definition) is 1. The second kappa shape index (κ2) is 5.39. The molecule has 1 aromatic rings. The molecule has 4 heteroatoms. The Hall–Kier alpha value is -1.24. The van der Waals surface area contributed by atoms with Crippen molar-refractivity contribution in [3.05, 3.63) is 28.8 Å². The normalized spacial score (nSPS) is 16.9. The Bertz CT molecular complexity index is 431. The Kier molecular flexibility index (Phi) is 3.88. The molecule has 0 atom stereocenters. The molecular formula is C13H16ClN3. The van der Waals surface area contributed by atoms with Crippen molar-refractivity contribution in [2.24, 2.45) is 11.7 Å². The van der Waals surface area contributed by atoms with E-state index in [0.717, 1.165) is 38.2 Å². The minimum absolute atomic E-state index is 0.607. The standard InChI is InChI=1S/C13H16ClN3/c14-12-7-11(9-16)1-2-13(12)17-5-3-10(8-15)4-6-17/h1-2,7,10H,3-6,8,15H2. The lowest BCUT2D eigenvalue weighted by atomic mass is 9.96. The number of nitriles is 1. The SMILES string of the molecule is N#Cc1ccc(N2CCC(CN)CC2)c(Cl)c1. The van der Waals surface area contributed by atoms with Crippen molar-refractivity contribution in [1.82, 2.24) is 0 Å². The Morgan fingerprint density at radius 1 is 1.41 bits per heavy atom. The minimum atomic E-state index is 0.607. The molecule has 1 aliphatic heterocycles. The molecule has 0 saturated carbocycles. The topological polar surface area (TPSA) is 53.0 Å². The van der Waals surface area contributed by atoms with Crippen molar-refractivity contribution >= 4 is 17.3 Å². The van der Waals surface area contributed by atoms with Gasteiger partial charge in [0.1, 0.15) is 0 Å². The Morgan fingerprint density at radius 2 is 2.12 bits per heavy atom. The van der Waals surface area contributed by atoms with Gasteiger partial charge < -0.3 is 10.6 Å². The predicted octanol–water partition coefficient (Wildman–Crippen LogP) is 2.39. The van der Waals surface area contributed by atoms with E-state index in [1.807, 2.05) is 12.1 Å². The van der Waals surface area contributed by atoms with Gasteiger partial charge in [-0.15, -0.1) is 0 Å². The van der Waals surface area contributed by atoms with E-state index in [2.05, 4.69) is 11.0 Å². The molecule has 0 radical (unpaired) electrons. The van der Waals surface area contributed by atoms with Crippen LogP contribution in [-0.2, 0) is 0 Å². The highest BCUT2D eigenvalue weighted by molar-refractivity contribution is 6.33. The fraction of sp³-hybridized carbons (Fsp3) is 0.462. The largest absolute Gasteiger partial charge is 0.370 e. The van der Waals surface area contributed by atoms with Gasteiger partial charge >= 0.3 is 0 Å². The van der Waals surface area contributed by atoms with Gasteiger partial charge in [0.05, 0.1) is 22.3 Å². The van der Waals surface area contributed by atoms with E-state index in [1.165, 1.54) is 0 Å². The van der Waals surface area contributed by atoms with Gasteiger partial charge in [-0.3, -0.25) is 0 Å². The number of halogens is 1. The number of piperidine rings is 1. The number of hydrogen-bond acceptors (Lipinski definition) is 3. The first kappa shape index (κ1) is 12.2. The molecule has 17 heavy (non-hydrogen) atoms. The van der Waals surface area contributed by atoms with Crippen LogP contribution >= 0.6 is 11.6 Å². The van der Waals surface area contributed by atoms with Gasteiger partial charge in [-0.25, -0.2) is 0 Å². The van der Waals surface area contributed by atoms with E-state index < -0.39 is 0 Å². The van der Waals surface area contributed by atoms with Crippen LogP contribution in [0.4, 0.5) is 5.69 Å². The zero-order valence-corrected chi connectivity index (χ0v) is 10.5. The number of benzene rings is 1. The van der Waals surface area contributed by atoms with Gasteiger partial charge in [0, 0.05) is 13.1 Å². The van der Waals surface area contributed by atoms with Gasteiger partial charge in [0.15, 0.2) is 0 Å². The van der Waals surface area contributed by atoms with Gasteiger partial charge in [0.25, 0.3) is 0 Å². The van der Waals surface area contributed by atoms with Gasteiger partial charge in [-0.2, -0.15) is 5.26 Å². The molecule has 0 unspecified atom stereocenters. The zero-order chi connectivity index (χ0) is 12.3. The lowest BCUT2D eigenvalue weighted by molar-refractivity contribution is 0.414. The summed E-state index contributed by atoms with van der Waals surface area (Å²) in [4.78, 5) is 2.27. The highest BCUT2D eigenvalue weighted by atomic mass is 35.5. The molecule has 1 saturated heterocycles. The summed E-state index contributed by atoms with van der Waals surface area (Å²) in [5, 5.41) is 9.46. The lowest BCUT2D eigenvalue weighted by Crippen LogP contribution is -2.36. The van der Waals surface area contributed by atoms with E-state index in [-0.39, 0.29) is 0 Å². The van der Waals surface area contributed by atoms with Crippen LogP contribution in [0.2, 0.25) is 5.02 Å². The first-order valence-electron chi connectivity index (χ1n) is 5.89. The Labute approximate surface area is 107 Å². The Balaban J connectivity index is 2.11. The van der Waals surface area contributed by atoms with Gasteiger partial charge in [-0.05, 0) is 43.5 Å². The molecule has 2 rings (SSSR count). The molecule has 0 spiro atoms. The van der Waals surface area contributed by atoms with Crippen molar-refractivity contribution in [2.45, 2.75) is 12.8 Å². The number of nitrogens with zero attached hydrogens (tertiary/aromatic N) is 2. The minimum Gasteiger partial charge on any atom is -0.370 e. The lowest BCUT2D eigenvalue weighted by Gasteiger charge is -2.33. The van der Waals surface area contributed by atoms with Crippen LogP contribution in [0.1, 0.15) is 18.4 Å². The Morgan fingerprint density at radius 3 is 2.65 bits per heavy atom. The zero-order valence-electron chi connectivity index (χ0n) is 9.69. The maximum atomic E-state index is 8.79. The van der Waals surface area contributed by atoms with Crippen LogP contribution in [-0.4, -0.2) is 19.6 Å². The van der Waals surface area contributed by atoms with Gasteiger partial charge in [-0.1, -0.05) is 11.6 Å². The van der Waals surface area contributed by atoms with Crippen molar-refractivity contribution in [1.29, 1.82) is 5.26 Å². The quantitative estimate of drug-likeness (QED) is 0.876. The summed E-state index contributed by atoms with van der Waals surface area (Å²) < 4.78 is 0. The fourth-order valence-electron chi connectivity index (χ4n) is 2.24. The summed E-state index contributed by atoms with van der Waals surface area (Å²) in [5.41, 5.74) is 7.31. The van der Waals surface area contributed by atoms with E-state index in [0.29, 0.717) is 16.5 Å². The molecular weight excluding hydrogens is 234 g/mol. The molecule has 1 heterocycles. The molecule has 0 aliphatic carbocycles. The van der Waals surface area contributed by atoms with Crippen LogP contribution in [0, 0.1) is 17.2 Å². The van der Waals surface area contributed by atoms with Crippen LogP contribution < -0.4 is 10.6 Å². The highest BCUT2D eigenvalue weighted by Gasteiger charge is 2.19. The first-order valence-corrected chi connectivity index (χ1v) is 6.27. The first-order chi connectivity index (χ1) is 8.24. The number of anilines is 1. The fourth-order valence-corrected chi connectivity index (χ4v) is 2.54. The summed E-state index contributed by atoms with van der Waals surface area (Å²) >= 11 is 6.19. The second-order valence-corrected chi connectivity index (χ2v) is 4.85. The molecule has 3 nitrogen and oxygen atoms in total. The number of nitrogens with two attached hydrogens (primary N) is 1. The van der Waals surface area contributed by atoms with E-state index in [9.17, 15) is 0 Å². The van der Waals surface area contributed by atoms with Crippen molar-refractivity contribution in [3.63, 3.8) is 0 Å². The van der Waals surface area contributed by atoms with Gasteiger partial charge in [0.2, 0.25) is 0 Å². The monoisotopic (exact) mass is 249 g/mol. The molecule has 90 valence electrons. The van der Waals surface area contributed by atoms with Crippen LogP contribution in [0.5, 0.6) is 0 Å². The average molecular weight is 250 g/mol. The second-order valence-electron chi connectivity index (χ2n) is 4.44. The summed E-state index contributed by atoms with van der Waals surface area (Å²) in [6.07, 6.45) is 2.24. The van der Waals surface area contributed by atoms with Crippen LogP contribution in [0.3, 0.4) is 0 Å². The maximum Gasteiger partial charge on any atom is 0.0992 e.